The highest BCUT2D eigenvalue weighted by Gasteiger charge is 2.09. The van der Waals surface area contributed by atoms with Gasteiger partial charge in [-0.2, -0.15) is 0 Å². The molecule has 0 aliphatic rings. The SMILES string of the molecule is CCCCCCC(Cc1nc(C)cs1)NN. The Labute approximate surface area is 102 Å². The van der Waals surface area contributed by atoms with E-state index in [1.807, 2.05) is 6.92 Å². The summed E-state index contributed by atoms with van der Waals surface area (Å²) in [6.45, 7) is 4.27. The van der Waals surface area contributed by atoms with E-state index in [1.54, 1.807) is 11.3 Å². The number of unbranched alkanes of at least 4 members (excludes halogenated alkanes) is 3. The Morgan fingerprint density at radius 1 is 1.44 bits per heavy atom. The maximum atomic E-state index is 5.57. The molecule has 0 saturated carbocycles. The van der Waals surface area contributed by atoms with Gasteiger partial charge in [0, 0.05) is 23.5 Å². The fourth-order valence-electron chi connectivity index (χ4n) is 1.77. The molecule has 3 nitrogen and oxygen atoms in total. The van der Waals surface area contributed by atoms with E-state index in [2.05, 4.69) is 22.7 Å². The predicted molar refractivity (Wildman–Crippen MR) is 70.4 cm³/mol. The Morgan fingerprint density at radius 3 is 2.81 bits per heavy atom. The number of nitrogens with zero attached hydrogens (tertiary/aromatic N) is 1. The molecule has 1 rings (SSSR count). The highest BCUT2D eigenvalue weighted by molar-refractivity contribution is 7.09. The third kappa shape index (κ3) is 5.05. The number of aromatic nitrogens is 1. The van der Waals surface area contributed by atoms with E-state index in [0.717, 1.165) is 18.5 Å². The van der Waals surface area contributed by atoms with Crippen LogP contribution in [0.3, 0.4) is 0 Å². The van der Waals surface area contributed by atoms with Gasteiger partial charge in [-0.15, -0.1) is 11.3 Å². The van der Waals surface area contributed by atoms with Crippen molar-refractivity contribution in [3.05, 3.63) is 16.1 Å². The van der Waals surface area contributed by atoms with E-state index in [4.69, 9.17) is 5.84 Å². The summed E-state index contributed by atoms with van der Waals surface area (Å²) in [4.78, 5) is 4.47. The Kier molecular flexibility index (Phi) is 6.61. The first kappa shape index (κ1) is 13.6. The zero-order valence-corrected chi connectivity index (χ0v) is 11.1. The second-order valence-corrected chi connectivity index (χ2v) is 5.24. The molecule has 16 heavy (non-hydrogen) atoms. The van der Waals surface area contributed by atoms with Gasteiger partial charge >= 0.3 is 0 Å². The van der Waals surface area contributed by atoms with Gasteiger partial charge in [0.25, 0.3) is 0 Å². The van der Waals surface area contributed by atoms with Crippen molar-refractivity contribution in [1.29, 1.82) is 0 Å². The largest absolute Gasteiger partial charge is 0.271 e. The van der Waals surface area contributed by atoms with Crippen LogP contribution in [-0.2, 0) is 6.42 Å². The average Bonchev–Trinajstić information content (AvgIpc) is 2.68. The van der Waals surface area contributed by atoms with Crippen LogP contribution in [0.15, 0.2) is 5.38 Å². The minimum absolute atomic E-state index is 0.377. The normalized spacial score (nSPS) is 12.9. The Hall–Kier alpha value is -0.450. The number of hydrogen-bond donors (Lipinski definition) is 2. The van der Waals surface area contributed by atoms with Crippen molar-refractivity contribution in [2.75, 3.05) is 0 Å². The highest BCUT2D eigenvalue weighted by atomic mass is 32.1. The molecule has 0 amide bonds. The molecule has 92 valence electrons. The number of nitrogens with one attached hydrogen (secondary N) is 1. The van der Waals surface area contributed by atoms with E-state index in [-0.39, 0.29) is 0 Å². The van der Waals surface area contributed by atoms with E-state index in [0.29, 0.717) is 6.04 Å². The number of aryl methyl sites for hydroxylation is 1. The molecule has 0 spiro atoms. The fourth-order valence-corrected chi connectivity index (χ4v) is 2.62. The molecular formula is C12H23N3S. The maximum absolute atomic E-state index is 5.57. The first-order valence-corrected chi connectivity index (χ1v) is 7.01. The monoisotopic (exact) mass is 241 g/mol. The third-order valence-electron chi connectivity index (χ3n) is 2.73. The second kappa shape index (κ2) is 7.76. The minimum atomic E-state index is 0.377. The van der Waals surface area contributed by atoms with Gasteiger partial charge in [0.05, 0.1) is 5.01 Å². The number of rotatable bonds is 8. The molecule has 1 heterocycles. The molecule has 0 bridgehead atoms. The molecular weight excluding hydrogens is 218 g/mol. The van der Waals surface area contributed by atoms with Gasteiger partial charge in [-0.3, -0.25) is 11.3 Å². The lowest BCUT2D eigenvalue weighted by Gasteiger charge is -2.13. The van der Waals surface area contributed by atoms with Crippen LogP contribution in [0.25, 0.3) is 0 Å². The van der Waals surface area contributed by atoms with E-state index in [1.165, 1.54) is 30.7 Å². The first-order valence-electron chi connectivity index (χ1n) is 6.13. The fraction of sp³-hybridized carbons (Fsp3) is 0.750. The zero-order valence-electron chi connectivity index (χ0n) is 10.3. The van der Waals surface area contributed by atoms with Crippen molar-refractivity contribution in [3.8, 4) is 0 Å². The van der Waals surface area contributed by atoms with Gasteiger partial charge in [-0.1, -0.05) is 32.6 Å². The molecule has 1 unspecified atom stereocenters. The summed E-state index contributed by atoms with van der Waals surface area (Å²) in [6, 6.07) is 0.377. The van der Waals surface area contributed by atoms with Crippen molar-refractivity contribution in [2.45, 2.75) is 58.4 Å². The smallest absolute Gasteiger partial charge is 0.0944 e. The summed E-state index contributed by atoms with van der Waals surface area (Å²) >= 11 is 1.73. The van der Waals surface area contributed by atoms with Crippen molar-refractivity contribution >= 4 is 11.3 Å². The summed E-state index contributed by atoms with van der Waals surface area (Å²) in [6.07, 6.45) is 7.29. The third-order valence-corrected chi connectivity index (χ3v) is 3.72. The maximum Gasteiger partial charge on any atom is 0.0944 e. The van der Waals surface area contributed by atoms with Gasteiger partial charge in [-0.25, -0.2) is 4.98 Å². The molecule has 0 fully saturated rings. The summed E-state index contributed by atoms with van der Waals surface area (Å²) < 4.78 is 0. The molecule has 0 saturated heterocycles. The molecule has 1 aromatic heterocycles. The Balaban J connectivity index is 2.26. The van der Waals surface area contributed by atoms with Gasteiger partial charge in [0.2, 0.25) is 0 Å². The molecule has 1 atom stereocenters. The molecule has 0 aromatic carbocycles. The lowest BCUT2D eigenvalue weighted by molar-refractivity contribution is 0.462. The molecule has 3 N–H and O–H groups in total. The topological polar surface area (TPSA) is 50.9 Å². The first-order chi connectivity index (χ1) is 7.76. The van der Waals surface area contributed by atoms with Crippen LogP contribution in [0.4, 0.5) is 0 Å². The van der Waals surface area contributed by atoms with Crippen LogP contribution in [0, 0.1) is 6.92 Å². The number of hydrazine groups is 1. The van der Waals surface area contributed by atoms with Crippen molar-refractivity contribution in [2.24, 2.45) is 5.84 Å². The molecule has 0 radical (unpaired) electrons. The number of thiazole rings is 1. The molecule has 0 aliphatic heterocycles. The van der Waals surface area contributed by atoms with Crippen molar-refractivity contribution in [3.63, 3.8) is 0 Å². The number of hydrogen-bond acceptors (Lipinski definition) is 4. The van der Waals surface area contributed by atoms with Crippen LogP contribution < -0.4 is 11.3 Å². The van der Waals surface area contributed by atoms with Crippen LogP contribution in [-0.4, -0.2) is 11.0 Å². The van der Waals surface area contributed by atoms with Crippen molar-refractivity contribution in [1.82, 2.24) is 10.4 Å². The van der Waals surface area contributed by atoms with Gasteiger partial charge in [-0.05, 0) is 13.3 Å². The molecule has 4 heteroatoms. The van der Waals surface area contributed by atoms with Crippen molar-refractivity contribution < 1.29 is 0 Å². The molecule has 0 aliphatic carbocycles. The minimum Gasteiger partial charge on any atom is -0.271 e. The quantitative estimate of drug-likeness (QED) is 0.418. The number of nitrogens with two attached hydrogens (primary N) is 1. The Bertz CT molecular complexity index is 286. The van der Waals surface area contributed by atoms with Crippen LogP contribution in [0.2, 0.25) is 0 Å². The summed E-state index contributed by atoms with van der Waals surface area (Å²) in [7, 11) is 0. The van der Waals surface area contributed by atoms with Crippen LogP contribution in [0.5, 0.6) is 0 Å². The summed E-state index contributed by atoms with van der Waals surface area (Å²) in [5.41, 5.74) is 4.02. The van der Waals surface area contributed by atoms with Crippen LogP contribution in [0.1, 0.15) is 49.7 Å². The average molecular weight is 241 g/mol. The van der Waals surface area contributed by atoms with E-state index in [9.17, 15) is 0 Å². The van der Waals surface area contributed by atoms with E-state index < -0.39 is 0 Å². The highest BCUT2D eigenvalue weighted by Crippen LogP contribution is 2.14. The summed E-state index contributed by atoms with van der Waals surface area (Å²) in [5, 5.41) is 3.29. The standard InChI is InChI=1S/C12H23N3S/c1-3-4-5-6-7-11(15-13)8-12-14-10(2)9-16-12/h9,11,15H,3-8,13H2,1-2H3. The Morgan fingerprint density at radius 2 is 2.25 bits per heavy atom. The zero-order chi connectivity index (χ0) is 11.8. The predicted octanol–water partition coefficient (Wildman–Crippen LogP) is 2.80. The van der Waals surface area contributed by atoms with Crippen LogP contribution >= 0.6 is 11.3 Å². The second-order valence-electron chi connectivity index (χ2n) is 4.30. The van der Waals surface area contributed by atoms with Gasteiger partial charge in [0.1, 0.15) is 0 Å². The molecule has 1 aromatic rings. The summed E-state index contributed by atoms with van der Waals surface area (Å²) in [5.74, 6) is 5.57. The lowest BCUT2D eigenvalue weighted by Crippen LogP contribution is -2.36. The lowest BCUT2D eigenvalue weighted by atomic mass is 10.1. The van der Waals surface area contributed by atoms with Gasteiger partial charge < -0.3 is 0 Å². The van der Waals surface area contributed by atoms with Gasteiger partial charge in [0.15, 0.2) is 0 Å². The van der Waals surface area contributed by atoms with E-state index >= 15 is 0 Å².